The minimum absolute atomic E-state index is 0.0223. The molecular formula is C14H16BrClN2O3. The SMILES string of the molecule is O=C(O)CN1CCCN(C(=O)c2ccc(Cl)c(Br)c2)CC1. The van der Waals surface area contributed by atoms with Crippen molar-refractivity contribution in [3.63, 3.8) is 0 Å². The van der Waals surface area contributed by atoms with E-state index in [4.69, 9.17) is 16.7 Å². The highest BCUT2D eigenvalue weighted by Gasteiger charge is 2.21. The van der Waals surface area contributed by atoms with E-state index in [1.54, 1.807) is 23.1 Å². The summed E-state index contributed by atoms with van der Waals surface area (Å²) in [4.78, 5) is 26.8. The quantitative estimate of drug-likeness (QED) is 0.881. The number of hydrogen-bond donors (Lipinski definition) is 1. The van der Waals surface area contributed by atoms with Gasteiger partial charge in [-0.3, -0.25) is 14.5 Å². The molecular weight excluding hydrogens is 360 g/mol. The topological polar surface area (TPSA) is 60.9 Å². The molecule has 0 unspecified atom stereocenters. The molecule has 1 fully saturated rings. The van der Waals surface area contributed by atoms with Crippen LogP contribution in [0.2, 0.25) is 5.02 Å². The van der Waals surface area contributed by atoms with Gasteiger partial charge in [0.1, 0.15) is 0 Å². The molecule has 0 radical (unpaired) electrons. The molecule has 114 valence electrons. The third kappa shape index (κ3) is 4.43. The maximum Gasteiger partial charge on any atom is 0.317 e. The van der Waals surface area contributed by atoms with Crippen LogP contribution in [0.5, 0.6) is 0 Å². The monoisotopic (exact) mass is 374 g/mol. The van der Waals surface area contributed by atoms with Gasteiger partial charge in [0.05, 0.1) is 11.6 Å². The maximum absolute atomic E-state index is 12.5. The minimum atomic E-state index is -0.837. The highest BCUT2D eigenvalue weighted by atomic mass is 79.9. The Morgan fingerprint density at radius 2 is 2.00 bits per heavy atom. The zero-order valence-corrected chi connectivity index (χ0v) is 13.7. The van der Waals surface area contributed by atoms with Crippen LogP contribution in [0.25, 0.3) is 0 Å². The van der Waals surface area contributed by atoms with E-state index < -0.39 is 5.97 Å². The summed E-state index contributed by atoms with van der Waals surface area (Å²) in [5.74, 6) is -0.888. The Kier molecular flexibility index (Phi) is 5.61. The van der Waals surface area contributed by atoms with Gasteiger partial charge in [-0.25, -0.2) is 0 Å². The number of carboxylic acids is 1. The maximum atomic E-state index is 12.5. The molecule has 1 heterocycles. The predicted octanol–water partition coefficient (Wildman–Crippen LogP) is 2.33. The van der Waals surface area contributed by atoms with Gasteiger partial charge in [0.2, 0.25) is 0 Å². The molecule has 1 saturated heterocycles. The van der Waals surface area contributed by atoms with Crippen LogP contribution in [-0.2, 0) is 4.79 Å². The van der Waals surface area contributed by atoms with E-state index in [1.807, 2.05) is 4.90 Å². The third-order valence-electron chi connectivity index (χ3n) is 3.40. The number of carbonyl (C=O) groups is 2. The fraction of sp³-hybridized carbons (Fsp3) is 0.429. The van der Waals surface area contributed by atoms with E-state index in [9.17, 15) is 9.59 Å². The number of carboxylic acid groups (broad SMARTS) is 1. The Morgan fingerprint density at radius 3 is 2.67 bits per heavy atom. The number of amides is 1. The normalized spacial score (nSPS) is 16.6. The van der Waals surface area contributed by atoms with Gasteiger partial charge in [-0.05, 0) is 40.5 Å². The van der Waals surface area contributed by atoms with Crippen molar-refractivity contribution in [3.05, 3.63) is 33.3 Å². The summed E-state index contributed by atoms with van der Waals surface area (Å²) in [6, 6.07) is 5.10. The highest BCUT2D eigenvalue weighted by Crippen LogP contribution is 2.24. The molecule has 1 amide bonds. The predicted molar refractivity (Wildman–Crippen MR) is 83.7 cm³/mol. The molecule has 0 aliphatic carbocycles. The van der Waals surface area contributed by atoms with Crippen molar-refractivity contribution in [3.8, 4) is 0 Å². The van der Waals surface area contributed by atoms with Gasteiger partial charge in [0.25, 0.3) is 5.91 Å². The van der Waals surface area contributed by atoms with E-state index in [0.29, 0.717) is 41.2 Å². The molecule has 1 aliphatic heterocycles. The van der Waals surface area contributed by atoms with Crippen LogP contribution >= 0.6 is 27.5 Å². The van der Waals surface area contributed by atoms with Gasteiger partial charge in [-0.1, -0.05) is 11.6 Å². The summed E-state index contributed by atoms with van der Waals surface area (Å²) < 4.78 is 0.692. The van der Waals surface area contributed by atoms with E-state index in [1.165, 1.54) is 0 Å². The Balaban J connectivity index is 2.02. The molecule has 0 saturated carbocycles. The van der Waals surface area contributed by atoms with E-state index >= 15 is 0 Å². The Hall–Kier alpha value is -1.11. The van der Waals surface area contributed by atoms with Gasteiger partial charge in [-0.15, -0.1) is 0 Å². The number of rotatable bonds is 3. The van der Waals surface area contributed by atoms with E-state index in [-0.39, 0.29) is 12.5 Å². The minimum Gasteiger partial charge on any atom is -0.480 e. The lowest BCUT2D eigenvalue weighted by Crippen LogP contribution is -2.36. The van der Waals surface area contributed by atoms with Gasteiger partial charge in [0.15, 0.2) is 0 Å². The van der Waals surface area contributed by atoms with Crippen LogP contribution in [0, 0.1) is 0 Å². The molecule has 7 heteroatoms. The number of hydrogen-bond acceptors (Lipinski definition) is 3. The average Bonchev–Trinajstić information content (AvgIpc) is 2.66. The van der Waals surface area contributed by atoms with Crippen molar-refractivity contribution in [2.75, 3.05) is 32.7 Å². The van der Waals surface area contributed by atoms with Crippen LogP contribution in [0.15, 0.2) is 22.7 Å². The Bertz CT molecular complexity index is 553. The Morgan fingerprint density at radius 1 is 1.24 bits per heavy atom. The van der Waals surface area contributed by atoms with E-state index in [0.717, 1.165) is 6.42 Å². The lowest BCUT2D eigenvalue weighted by atomic mass is 10.2. The van der Waals surface area contributed by atoms with Crippen molar-refractivity contribution in [1.29, 1.82) is 0 Å². The lowest BCUT2D eigenvalue weighted by Gasteiger charge is -2.21. The average molecular weight is 376 g/mol. The van der Waals surface area contributed by atoms with Gasteiger partial charge in [-0.2, -0.15) is 0 Å². The fourth-order valence-corrected chi connectivity index (χ4v) is 2.83. The second kappa shape index (κ2) is 7.24. The molecule has 5 nitrogen and oxygen atoms in total. The molecule has 1 aliphatic rings. The second-order valence-corrected chi connectivity index (χ2v) is 6.21. The largest absolute Gasteiger partial charge is 0.480 e. The standard InChI is InChI=1S/C14H16BrClN2O3/c15-11-8-10(2-3-12(11)16)14(21)18-5-1-4-17(6-7-18)9-13(19)20/h2-3,8H,1,4-7,9H2,(H,19,20). The van der Waals surface area contributed by atoms with Crippen molar-refractivity contribution in [1.82, 2.24) is 9.80 Å². The molecule has 2 rings (SSSR count). The van der Waals surface area contributed by atoms with Crippen molar-refractivity contribution < 1.29 is 14.7 Å². The Labute approximate surface area is 136 Å². The summed E-state index contributed by atoms with van der Waals surface area (Å²) in [7, 11) is 0. The number of halogens is 2. The fourth-order valence-electron chi connectivity index (χ4n) is 2.34. The first-order valence-corrected chi connectivity index (χ1v) is 7.83. The molecule has 1 N–H and O–H groups in total. The van der Waals surface area contributed by atoms with Crippen LogP contribution in [0.1, 0.15) is 16.8 Å². The van der Waals surface area contributed by atoms with Crippen molar-refractivity contribution in [2.24, 2.45) is 0 Å². The van der Waals surface area contributed by atoms with Crippen molar-refractivity contribution in [2.45, 2.75) is 6.42 Å². The molecule has 1 aromatic rings. The molecule has 1 aromatic carbocycles. The van der Waals surface area contributed by atoms with Crippen molar-refractivity contribution >= 4 is 39.4 Å². The number of aliphatic carboxylic acids is 1. The summed E-state index contributed by atoms with van der Waals surface area (Å²) in [5.41, 5.74) is 0.581. The molecule has 0 spiro atoms. The van der Waals surface area contributed by atoms with Crippen LogP contribution in [0.3, 0.4) is 0 Å². The van der Waals surface area contributed by atoms with Crippen LogP contribution in [-0.4, -0.2) is 59.5 Å². The first-order valence-electron chi connectivity index (χ1n) is 6.66. The number of nitrogens with zero attached hydrogens (tertiary/aromatic N) is 2. The van der Waals surface area contributed by atoms with Gasteiger partial charge >= 0.3 is 5.97 Å². The van der Waals surface area contributed by atoms with E-state index in [2.05, 4.69) is 15.9 Å². The second-order valence-electron chi connectivity index (χ2n) is 4.94. The highest BCUT2D eigenvalue weighted by molar-refractivity contribution is 9.10. The number of carbonyl (C=O) groups excluding carboxylic acids is 1. The zero-order valence-electron chi connectivity index (χ0n) is 11.4. The molecule has 0 atom stereocenters. The van der Waals surface area contributed by atoms with Gasteiger partial charge in [0, 0.05) is 36.2 Å². The third-order valence-corrected chi connectivity index (χ3v) is 4.62. The first-order chi connectivity index (χ1) is 9.97. The summed E-state index contributed by atoms with van der Waals surface area (Å²) in [5, 5.41) is 9.39. The first kappa shape index (κ1) is 16.3. The summed E-state index contributed by atoms with van der Waals surface area (Å²) in [6.07, 6.45) is 0.772. The summed E-state index contributed by atoms with van der Waals surface area (Å²) >= 11 is 9.25. The van der Waals surface area contributed by atoms with Crippen LogP contribution in [0.4, 0.5) is 0 Å². The lowest BCUT2D eigenvalue weighted by molar-refractivity contribution is -0.138. The van der Waals surface area contributed by atoms with Gasteiger partial charge < -0.3 is 10.0 Å². The van der Waals surface area contributed by atoms with Crippen LogP contribution < -0.4 is 0 Å². The smallest absolute Gasteiger partial charge is 0.317 e. The molecule has 21 heavy (non-hydrogen) atoms. The summed E-state index contributed by atoms with van der Waals surface area (Å²) in [6.45, 7) is 2.46. The molecule has 0 aromatic heterocycles. The zero-order chi connectivity index (χ0) is 15.4. The molecule has 0 bridgehead atoms. The number of benzene rings is 1.